The van der Waals surface area contributed by atoms with Crippen molar-refractivity contribution in [1.82, 2.24) is 9.88 Å². The Morgan fingerprint density at radius 1 is 1.36 bits per heavy atom. The second kappa shape index (κ2) is 6.99. The molecule has 0 bridgehead atoms. The van der Waals surface area contributed by atoms with Gasteiger partial charge in [-0.05, 0) is 49.1 Å². The molecule has 1 aliphatic heterocycles. The summed E-state index contributed by atoms with van der Waals surface area (Å²) in [6.45, 7) is 5.70. The van der Waals surface area contributed by atoms with Gasteiger partial charge in [-0.3, -0.25) is 0 Å². The molecular formula is C17H26N4O. The minimum atomic E-state index is 0.584. The van der Waals surface area contributed by atoms with Gasteiger partial charge in [0.2, 0.25) is 5.88 Å². The van der Waals surface area contributed by atoms with Crippen molar-refractivity contribution in [2.45, 2.75) is 39.2 Å². The molecule has 0 amide bonds. The number of aromatic nitrogens is 1. The van der Waals surface area contributed by atoms with Crippen LogP contribution in [0.3, 0.4) is 0 Å². The Labute approximate surface area is 132 Å². The molecular weight excluding hydrogens is 276 g/mol. The van der Waals surface area contributed by atoms with Crippen LogP contribution in [0.4, 0.5) is 0 Å². The molecule has 1 aromatic rings. The molecule has 5 heteroatoms. The summed E-state index contributed by atoms with van der Waals surface area (Å²) in [5.74, 6) is 2.89. The third kappa shape index (κ3) is 4.36. The van der Waals surface area contributed by atoms with Crippen LogP contribution in [0.1, 0.15) is 38.2 Å². The molecule has 0 atom stereocenters. The van der Waals surface area contributed by atoms with Crippen molar-refractivity contribution in [1.29, 1.82) is 0 Å². The predicted octanol–water partition coefficient (Wildman–Crippen LogP) is 2.42. The molecule has 1 saturated heterocycles. The minimum absolute atomic E-state index is 0.584. The summed E-state index contributed by atoms with van der Waals surface area (Å²) in [6, 6.07) is 3.94. The van der Waals surface area contributed by atoms with Gasteiger partial charge < -0.3 is 15.4 Å². The molecule has 2 aliphatic rings. The molecule has 3 rings (SSSR count). The first-order valence-corrected chi connectivity index (χ1v) is 8.33. The van der Waals surface area contributed by atoms with Gasteiger partial charge in [-0.2, -0.15) is 0 Å². The maximum atomic E-state index is 6.12. The number of nitrogens with zero attached hydrogens (tertiary/aromatic N) is 3. The molecule has 2 heterocycles. The number of aliphatic imine (C=N–C) groups is 1. The lowest BCUT2D eigenvalue weighted by molar-refractivity contribution is 0.277. The van der Waals surface area contributed by atoms with Crippen LogP contribution < -0.4 is 10.5 Å². The molecule has 120 valence electrons. The van der Waals surface area contributed by atoms with E-state index >= 15 is 0 Å². The number of hydrogen-bond acceptors (Lipinski definition) is 3. The summed E-state index contributed by atoms with van der Waals surface area (Å²) >= 11 is 0. The van der Waals surface area contributed by atoms with Crippen LogP contribution in [0, 0.1) is 11.8 Å². The third-order valence-electron chi connectivity index (χ3n) is 4.49. The van der Waals surface area contributed by atoms with Crippen LogP contribution in [0.15, 0.2) is 23.3 Å². The highest BCUT2D eigenvalue weighted by atomic mass is 16.5. The molecule has 22 heavy (non-hydrogen) atoms. The second-order valence-corrected chi connectivity index (χ2v) is 6.60. The van der Waals surface area contributed by atoms with Gasteiger partial charge in [0, 0.05) is 25.4 Å². The van der Waals surface area contributed by atoms with Crippen LogP contribution >= 0.6 is 0 Å². The van der Waals surface area contributed by atoms with Gasteiger partial charge in [0.25, 0.3) is 0 Å². The Balaban J connectivity index is 1.53. The highest BCUT2D eigenvalue weighted by Gasteiger charge is 2.22. The normalized spacial score (nSPS) is 20.2. The van der Waals surface area contributed by atoms with Crippen molar-refractivity contribution in [3.05, 3.63) is 23.9 Å². The van der Waals surface area contributed by atoms with Gasteiger partial charge in [-0.1, -0.05) is 6.92 Å². The lowest BCUT2D eigenvalue weighted by Gasteiger charge is -2.31. The van der Waals surface area contributed by atoms with Crippen LogP contribution in [-0.4, -0.2) is 35.5 Å². The van der Waals surface area contributed by atoms with E-state index in [1.807, 2.05) is 12.1 Å². The molecule has 0 aromatic carbocycles. The van der Waals surface area contributed by atoms with E-state index < -0.39 is 0 Å². The summed E-state index contributed by atoms with van der Waals surface area (Å²) in [5, 5.41) is 0. The number of pyridine rings is 1. The lowest BCUT2D eigenvalue weighted by Crippen LogP contribution is -2.42. The van der Waals surface area contributed by atoms with Gasteiger partial charge in [0.15, 0.2) is 5.96 Å². The minimum Gasteiger partial charge on any atom is -0.477 e. The Morgan fingerprint density at radius 2 is 2.14 bits per heavy atom. The summed E-state index contributed by atoms with van der Waals surface area (Å²) < 4.78 is 5.70. The van der Waals surface area contributed by atoms with Gasteiger partial charge in [-0.25, -0.2) is 9.98 Å². The van der Waals surface area contributed by atoms with Gasteiger partial charge in [-0.15, -0.1) is 0 Å². The first-order valence-electron chi connectivity index (χ1n) is 8.33. The van der Waals surface area contributed by atoms with Crippen LogP contribution in [0.5, 0.6) is 5.88 Å². The maximum absolute atomic E-state index is 6.12. The van der Waals surface area contributed by atoms with E-state index in [2.05, 4.69) is 21.8 Å². The van der Waals surface area contributed by atoms with Crippen LogP contribution in [0.25, 0.3) is 0 Å². The number of likely N-dealkylation sites (tertiary alicyclic amines) is 1. The van der Waals surface area contributed by atoms with Crippen LogP contribution in [-0.2, 0) is 6.54 Å². The van der Waals surface area contributed by atoms with E-state index in [9.17, 15) is 0 Å². The van der Waals surface area contributed by atoms with E-state index in [0.29, 0.717) is 18.4 Å². The Bertz CT molecular complexity index is 519. The predicted molar refractivity (Wildman–Crippen MR) is 87.8 cm³/mol. The summed E-state index contributed by atoms with van der Waals surface area (Å²) in [4.78, 5) is 11.0. The Hall–Kier alpha value is -1.78. The third-order valence-corrected chi connectivity index (χ3v) is 4.49. The molecule has 2 fully saturated rings. The fourth-order valence-corrected chi connectivity index (χ4v) is 2.63. The van der Waals surface area contributed by atoms with Crippen LogP contribution in [0.2, 0.25) is 0 Å². The highest BCUT2D eigenvalue weighted by Crippen LogP contribution is 2.29. The standard InChI is InChI=1S/C17H26N4O/c1-13-5-8-21(9-6-13)17(18)20-11-15-4-7-19-16(10-15)22-12-14-2-3-14/h4,7,10,13-14H,2-3,5-6,8-9,11-12H2,1H3,(H2,18,20). The zero-order valence-electron chi connectivity index (χ0n) is 13.4. The monoisotopic (exact) mass is 302 g/mol. The number of piperidine rings is 1. The van der Waals surface area contributed by atoms with E-state index in [1.165, 1.54) is 25.7 Å². The van der Waals surface area contributed by atoms with E-state index in [4.69, 9.17) is 10.5 Å². The topological polar surface area (TPSA) is 63.7 Å². The summed E-state index contributed by atoms with van der Waals surface area (Å²) in [6.07, 6.45) is 6.76. The van der Waals surface area contributed by atoms with Gasteiger partial charge in [0.05, 0.1) is 13.2 Å². The Morgan fingerprint density at radius 3 is 2.86 bits per heavy atom. The fraction of sp³-hybridized carbons (Fsp3) is 0.647. The van der Waals surface area contributed by atoms with Crippen molar-refractivity contribution in [2.24, 2.45) is 22.6 Å². The Kier molecular flexibility index (Phi) is 4.80. The zero-order chi connectivity index (χ0) is 15.4. The summed E-state index contributed by atoms with van der Waals surface area (Å²) in [7, 11) is 0. The van der Waals surface area contributed by atoms with Crippen molar-refractivity contribution < 1.29 is 4.74 Å². The SMILES string of the molecule is CC1CCN(C(N)=NCc2ccnc(OCC3CC3)c2)CC1. The average molecular weight is 302 g/mol. The lowest BCUT2D eigenvalue weighted by atomic mass is 10.00. The molecule has 0 radical (unpaired) electrons. The fourth-order valence-electron chi connectivity index (χ4n) is 2.63. The van der Waals surface area contributed by atoms with Crippen molar-refractivity contribution in [3.63, 3.8) is 0 Å². The first kappa shape index (κ1) is 15.1. The smallest absolute Gasteiger partial charge is 0.213 e. The zero-order valence-corrected chi connectivity index (χ0v) is 13.4. The molecule has 5 nitrogen and oxygen atoms in total. The van der Waals surface area contributed by atoms with Gasteiger partial charge in [0.1, 0.15) is 0 Å². The molecule has 1 aliphatic carbocycles. The molecule has 2 N–H and O–H groups in total. The first-order chi connectivity index (χ1) is 10.7. The number of ether oxygens (including phenoxy) is 1. The van der Waals surface area contributed by atoms with Gasteiger partial charge >= 0.3 is 0 Å². The largest absolute Gasteiger partial charge is 0.477 e. The van der Waals surface area contributed by atoms with E-state index in [0.717, 1.165) is 37.1 Å². The molecule has 0 spiro atoms. The number of rotatable bonds is 5. The van der Waals surface area contributed by atoms with E-state index in [1.54, 1.807) is 6.20 Å². The average Bonchev–Trinajstić information content (AvgIpc) is 3.36. The highest BCUT2D eigenvalue weighted by molar-refractivity contribution is 5.78. The molecule has 1 aromatic heterocycles. The quantitative estimate of drug-likeness (QED) is 0.670. The number of guanidine groups is 1. The van der Waals surface area contributed by atoms with Crippen molar-refractivity contribution in [2.75, 3.05) is 19.7 Å². The molecule has 1 saturated carbocycles. The molecule has 0 unspecified atom stereocenters. The van der Waals surface area contributed by atoms with Crippen molar-refractivity contribution in [3.8, 4) is 5.88 Å². The maximum Gasteiger partial charge on any atom is 0.213 e. The number of nitrogens with two attached hydrogens (primary N) is 1. The van der Waals surface area contributed by atoms with E-state index in [-0.39, 0.29) is 0 Å². The van der Waals surface area contributed by atoms with Crippen molar-refractivity contribution >= 4 is 5.96 Å². The summed E-state index contributed by atoms with van der Waals surface area (Å²) in [5.41, 5.74) is 7.21. The number of hydrogen-bond donors (Lipinski definition) is 1. The second-order valence-electron chi connectivity index (χ2n) is 6.60.